The molecule has 3 aromatic heterocycles. The van der Waals surface area contributed by atoms with Crippen molar-refractivity contribution in [1.82, 2.24) is 20.1 Å². The minimum Gasteiger partial charge on any atom is -0.418 e. The number of thiophene rings is 1. The normalized spacial score (nSPS) is 11.0. The molecule has 3 heterocycles. The molecule has 0 fully saturated rings. The summed E-state index contributed by atoms with van der Waals surface area (Å²) in [5.74, 6) is 1.37. The third-order valence-electron chi connectivity index (χ3n) is 3.29. The molecule has 132 valence electrons. The molecular formula is C16H18N4O2S3. The van der Waals surface area contributed by atoms with Gasteiger partial charge in [0.2, 0.25) is 11.8 Å². The van der Waals surface area contributed by atoms with Crippen LogP contribution in [0.1, 0.15) is 24.9 Å². The second kappa shape index (κ2) is 8.59. The Morgan fingerprint density at radius 1 is 1.36 bits per heavy atom. The molecule has 6 nitrogen and oxygen atoms in total. The monoisotopic (exact) mass is 394 g/mol. The van der Waals surface area contributed by atoms with Gasteiger partial charge in [-0.2, -0.15) is 0 Å². The highest BCUT2D eigenvalue weighted by Gasteiger charge is 2.18. The molecular weight excluding hydrogens is 376 g/mol. The predicted octanol–water partition coefficient (Wildman–Crippen LogP) is 4.09. The molecule has 0 saturated heterocycles. The van der Waals surface area contributed by atoms with Gasteiger partial charge in [0.1, 0.15) is 0 Å². The maximum atomic E-state index is 12.5. The molecule has 0 saturated carbocycles. The fourth-order valence-electron chi connectivity index (χ4n) is 2.16. The van der Waals surface area contributed by atoms with Gasteiger partial charge in [0.25, 0.3) is 5.89 Å². The molecule has 0 bridgehead atoms. The molecule has 0 N–H and O–H groups in total. The van der Waals surface area contributed by atoms with Gasteiger partial charge in [0.15, 0.2) is 4.34 Å². The summed E-state index contributed by atoms with van der Waals surface area (Å²) < 4.78 is 6.62. The van der Waals surface area contributed by atoms with Crippen LogP contribution in [0.25, 0.3) is 10.8 Å². The van der Waals surface area contributed by atoms with Crippen molar-refractivity contribution in [2.75, 3.05) is 12.3 Å². The van der Waals surface area contributed by atoms with Crippen molar-refractivity contribution in [3.8, 4) is 10.8 Å². The van der Waals surface area contributed by atoms with Gasteiger partial charge in [0, 0.05) is 17.6 Å². The first-order valence-electron chi connectivity index (χ1n) is 7.84. The third-order valence-corrected chi connectivity index (χ3v) is 6.27. The van der Waals surface area contributed by atoms with E-state index in [0.29, 0.717) is 30.6 Å². The number of nitrogens with zero attached hydrogens (tertiary/aromatic N) is 4. The zero-order valence-corrected chi connectivity index (χ0v) is 16.4. The highest BCUT2D eigenvalue weighted by molar-refractivity contribution is 8.01. The largest absolute Gasteiger partial charge is 0.418 e. The van der Waals surface area contributed by atoms with Crippen LogP contribution >= 0.6 is 34.4 Å². The highest BCUT2D eigenvalue weighted by atomic mass is 32.2. The lowest BCUT2D eigenvalue weighted by Crippen LogP contribution is -2.32. The molecule has 3 rings (SSSR count). The first-order chi connectivity index (χ1) is 12.2. The lowest BCUT2D eigenvalue weighted by Gasteiger charge is -2.19. The smallest absolute Gasteiger partial charge is 0.257 e. The van der Waals surface area contributed by atoms with Crippen molar-refractivity contribution in [2.45, 2.75) is 31.2 Å². The van der Waals surface area contributed by atoms with Crippen LogP contribution in [0.5, 0.6) is 0 Å². The zero-order valence-electron chi connectivity index (χ0n) is 14.0. The molecule has 3 aromatic rings. The Balaban J connectivity index is 1.61. The second-order valence-electron chi connectivity index (χ2n) is 5.34. The van der Waals surface area contributed by atoms with Gasteiger partial charge >= 0.3 is 0 Å². The van der Waals surface area contributed by atoms with Gasteiger partial charge in [-0.25, -0.2) is 4.98 Å². The Morgan fingerprint density at radius 2 is 2.24 bits per heavy atom. The van der Waals surface area contributed by atoms with Crippen LogP contribution < -0.4 is 0 Å². The van der Waals surface area contributed by atoms with Gasteiger partial charge in [-0.05, 0) is 24.8 Å². The zero-order chi connectivity index (χ0) is 17.6. The van der Waals surface area contributed by atoms with E-state index in [2.05, 4.69) is 15.2 Å². The van der Waals surface area contributed by atoms with Crippen molar-refractivity contribution >= 4 is 40.3 Å². The number of amides is 1. The Bertz CT molecular complexity index is 813. The third kappa shape index (κ3) is 4.90. The number of aromatic nitrogens is 3. The first kappa shape index (κ1) is 18.1. The molecule has 0 aliphatic heterocycles. The molecule has 25 heavy (non-hydrogen) atoms. The van der Waals surface area contributed by atoms with Crippen LogP contribution in [0.3, 0.4) is 0 Å². The van der Waals surface area contributed by atoms with Crippen LogP contribution in [-0.2, 0) is 11.3 Å². The van der Waals surface area contributed by atoms with Crippen LogP contribution in [0.2, 0.25) is 0 Å². The van der Waals surface area contributed by atoms with E-state index in [-0.39, 0.29) is 5.91 Å². The minimum absolute atomic E-state index is 0.0515. The molecule has 0 aliphatic rings. The topological polar surface area (TPSA) is 72.1 Å². The minimum atomic E-state index is 0.0515. The van der Waals surface area contributed by atoms with E-state index < -0.39 is 0 Å². The molecule has 0 unspecified atom stereocenters. The molecule has 0 aromatic carbocycles. The lowest BCUT2D eigenvalue weighted by atomic mass is 10.4. The van der Waals surface area contributed by atoms with Crippen LogP contribution in [0, 0.1) is 6.92 Å². The fourth-order valence-corrected chi connectivity index (χ4v) is 4.55. The summed E-state index contributed by atoms with van der Waals surface area (Å²) in [5.41, 5.74) is 0.984. The van der Waals surface area contributed by atoms with E-state index >= 15 is 0 Å². The average molecular weight is 395 g/mol. The summed E-state index contributed by atoms with van der Waals surface area (Å²) in [7, 11) is 0. The Labute approximate surface area is 158 Å². The van der Waals surface area contributed by atoms with Crippen LogP contribution in [0.4, 0.5) is 0 Å². The van der Waals surface area contributed by atoms with Gasteiger partial charge < -0.3 is 9.32 Å². The number of carbonyl (C=O) groups excluding carboxylic acids is 1. The maximum absolute atomic E-state index is 12.5. The number of hydrogen-bond donors (Lipinski definition) is 0. The quantitative estimate of drug-likeness (QED) is 0.536. The SMILES string of the molecule is CCCN(Cc1nnc(-c2cccs2)o1)C(=O)CSc1nc(C)cs1. The number of rotatable bonds is 8. The van der Waals surface area contributed by atoms with Crippen LogP contribution in [-0.4, -0.2) is 38.3 Å². The summed E-state index contributed by atoms with van der Waals surface area (Å²) in [4.78, 5) is 19.6. The first-order valence-corrected chi connectivity index (χ1v) is 10.6. The van der Waals surface area contributed by atoms with E-state index in [4.69, 9.17) is 4.42 Å². The number of aryl methyl sites for hydroxylation is 1. The van der Waals surface area contributed by atoms with Crippen molar-refractivity contribution in [3.05, 3.63) is 34.5 Å². The predicted molar refractivity (Wildman–Crippen MR) is 101 cm³/mol. The van der Waals surface area contributed by atoms with E-state index in [1.807, 2.05) is 36.7 Å². The highest BCUT2D eigenvalue weighted by Crippen LogP contribution is 2.24. The van der Waals surface area contributed by atoms with Crippen molar-refractivity contribution in [3.63, 3.8) is 0 Å². The number of hydrogen-bond acceptors (Lipinski definition) is 8. The number of carbonyl (C=O) groups is 1. The Morgan fingerprint density at radius 3 is 2.92 bits per heavy atom. The summed E-state index contributed by atoms with van der Waals surface area (Å²) in [5, 5.41) is 12.1. The standard InChI is InChI=1S/C16H18N4O2S3/c1-3-6-20(14(21)10-25-16-17-11(2)9-24-16)8-13-18-19-15(22-13)12-5-4-7-23-12/h4-5,7,9H,3,6,8,10H2,1-2H3. The van der Waals surface area contributed by atoms with Crippen molar-refractivity contribution < 1.29 is 9.21 Å². The second-order valence-corrected chi connectivity index (χ2v) is 8.37. The summed E-state index contributed by atoms with van der Waals surface area (Å²) in [6, 6.07) is 3.87. The van der Waals surface area contributed by atoms with Crippen molar-refractivity contribution in [2.24, 2.45) is 0 Å². The van der Waals surface area contributed by atoms with Gasteiger partial charge in [-0.1, -0.05) is 24.8 Å². The summed E-state index contributed by atoms with van der Waals surface area (Å²) in [6.07, 6.45) is 0.874. The Kier molecular flexibility index (Phi) is 6.22. The van der Waals surface area contributed by atoms with Gasteiger partial charge in [-0.15, -0.1) is 32.9 Å². The van der Waals surface area contributed by atoms with E-state index in [9.17, 15) is 4.79 Å². The lowest BCUT2D eigenvalue weighted by molar-refractivity contribution is -0.129. The van der Waals surface area contributed by atoms with Gasteiger partial charge in [-0.3, -0.25) is 4.79 Å². The molecule has 0 atom stereocenters. The maximum Gasteiger partial charge on any atom is 0.257 e. The molecule has 1 amide bonds. The Hall–Kier alpha value is -1.71. The number of thiazole rings is 1. The number of thioether (sulfide) groups is 1. The van der Waals surface area contributed by atoms with E-state index in [1.54, 1.807) is 27.6 Å². The van der Waals surface area contributed by atoms with E-state index in [1.165, 1.54) is 11.8 Å². The molecule has 0 aliphatic carbocycles. The van der Waals surface area contributed by atoms with E-state index in [0.717, 1.165) is 21.3 Å². The average Bonchev–Trinajstić information content (AvgIpc) is 3.33. The van der Waals surface area contributed by atoms with Crippen LogP contribution in [0.15, 0.2) is 31.6 Å². The van der Waals surface area contributed by atoms with Gasteiger partial charge in [0.05, 0.1) is 17.2 Å². The van der Waals surface area contributed by atoms with Crippen molar-refractivity contribution in [1.29, 1.82) is 0 Å². The molecule has 0 radical (unpaired) electrons. The molecule has 9 heteroatoms. The fraction of sp³-hybridized carbons (Fsp3) is 0.375. The summed E-state index contributed by atoms with van der Waals surface area (Å²) in [6.45, 7) is 4.99. The molecule has 0 spiro atoms. The summed E-state index contributed by atoms with van der Waals surface area (Å²) >= 11 is 4.58.